The highest BCUT2D eigenvalue weighted by Gasteiger charge is 2.50. The second kappa shape index (κ2) is 5.13. The summed E-state index contributed by atoms with van der Waals surface area (Å²) in [5.41, 5.74) is 3.04. The maximum absolute atomic E-state index is 12.5. The van der Waals surface area contributed by atoms with E-state index in [2.05, 4.69) is 23.6 Å². The van der Waals surface area contributed by atoms with E-state index in [1.165, 1.54) is 18.5 Å². The Bertz CT molecular complexity index is 590. The van der Waals surface area contributed by atoms with E-state index in [0.29, 0.717) is 5.57 Å². The Kier molecular flexibility index (Phi) is 3.22. The summed E-state index contributed by atoms with van der Waals surface area (Å²) < 4.78 is 5.25. The second-order valence-corrected chi connectivity index (χ2v) is 6.87. The van der Waals surface area contributed by atoms with Crippen LogP contribution in [0.15, 0.2) is 30.8 Å². The number of hydrogen-bond donors (Lipinski definition) is 0. The molecule has 0 unspecified atom stereocenters. The summed E-state index contributed by atoms with van der Waals surface area (Å²) in [4.78, 5) is 16.8. The Morgan fingerprint density at radius 2 is 1.73 bits per heavy atom. The topological polar surface area (TPSA) is 32.8 Å². The van der Waals surface area contributed by atoms with Crippen molar-refractivity contribution in [3.63, 3.8) is 0 Å². The summed E-state index contributed by atoms with van der Waals surface area (Å²) in [7, 11) is 0. The summed E-state index contributed by atoms with van der Waals surface area (Å²) >= 11 is 0. The number of carbonyl (C=O) groups is 1. The monoisotopic (exact) mass is 298 g/mol. The summed E-state index contributed by atoms with van der Waals surface area (Å²) in [5.74, 6) is 0.0615. The predicted molar refractivity (Wildman–Crippen MR) is 86.8 cm³/mol. The van der Waals surface area contributed by atoms with Gasteiger partial charge in [0.1, 0.15) is 0 Å². The van der Waals surface area contributed by atoms with Crippen LogP contribution in [0.3, 0.4) is 0 Å². The summed E-state index contributed by atoms with van der Waals surface area (Å²) in [6.45, 7) is 9.51. The third-order valence-corrected chi connectivity index (χ3v) is 5.10. The SMILES string of the molecule is C=C(C(=O)N1CC2(COC2)C1)c1ccc(N2CCCC2)cc1. The molecule has 22 heavy (non-hydrogen) atoms. The second-order valence-electron chi connectivity index (χ2n) is 6.87. The lowest BCUT2D eigenvalue weighted by molar-refractivity contribution is -0.191. The Morgan fingerprint density at radius 1 is 1.09 bits per heavy atom. The Balaban J connectivity index is 1.40. The molecule has 3 aliphatic heterocycles. The Labute approximate surface area is 131 Å². The molecule has 1 spiro atoms. The van der Waals surface area contributed by atoms with Crippen molar-refractivity contribution in [2.75, 3.05) is 44.3 Å². The van der Waals surface area contributed by atoms with Gasteiger partial charge in [-0.25, -0.2) is 0 Å². The zero-order valence-electron chi connectivity index (χ0n) is 12.9. The average Bonchev–Trinajstić information content (AvgIpc) is 2.97. The van der Waals surface area contributed by atoms with E-state index in [1.807, 2.05) is 17.0 Å². The zero-order valence-corrected chi connectivity index (χ0v) is 12.9. The smallest absolute Gasteiger partial charge is 0.253 e. The van der Waals surface area contributed by atoms with Gasteiger partial charge in [-0.05, 0) is 30.5 Å². The van der Waals surface area contributed by atoms with Crippen molar-refractivity contribution in [2.45, 2.75) is 12.8 Å². The van der Waals surface area contributed by atoms with Crippen LogP contribution in [-0.2, 0) is 9.53 Å². The lowest BCUT2D eigenvalue weighted by Crippen LogP contribution is -2.67. The molecular formula is C18H22N2O2. The van der Waals surface area contributed by atoms with Gasteiger partial charge < -0.3 is 14.5 Å². The Morgan fingerprint density at radius 3 is 2.27 bits per heavy atom. The molecule has 0 radical (unpaired) electrons. The van der Waals surface area contributed by atoms with Crippen LogP contribution in [-0.4, -0.2) is 50.2 Å². The van der Waals surface area contributed by atoms with Crippen LogP contribution < -0.4 is 4.90 Å². The number of amides is 1. The summed E-state index contributed by atoms with van der Waals surface area (Å²) in [6, 6.07) is 8.26. The van der Waals surface area contributed by atoms with Gasteiger partial charge in [0.15, 0.2) is 0 Å². The average molecular weight is 298 g/mol. The van der Waals surface area contributed by atoms with Crippen LogP contribution >= 0.6 is 0 Å². The first-order valence-corrected chi connectivity index (χ1v) is 8.08. The lowest BCUT2D eigenvalue weighted by atomic mass is 9.77. The minimum atomic E-state index is 0.0615. The fourth-order valence-electron chi connectivity index (χ4n) is 3.64. The van der Waals surface area contributed by atoms with Gasteiger partial charge in [0, 0.05) is 37.4 Å². The van der Waals surface area contributed by atoms with Gasteiger partial charge in [0.2, 0.25) is 0 Å². The standard InChI is InChI=1S/C18H22N2O2/c1-14(17(21)20-10-18(11-20)12-22-13-18)15-4-6-16(7-5-15)19-8-2-3-9-19/h4-7H,1-3,8-13H2. The van der Waals surface area contributed by atoms with Crippen molar-refractivity contribution in [2.24, 2.45) is 5.41 Å². The van der Waals surface area contributed by atoms with Gasteiger partial charge in [0.05, 0.1) is 18.6 Å². The highest BCUT2D eigenvalue weighted by molar-refractivity contribution is 6.19. The molecule has 4 heteroatoms. The quantitative estimate of drug-likeness (QED) is 0.802. The molecule has 3 aliphatic rings. The van der Waals surface area contributed by atoms with E-state index in [0.717, 1.165) is 45.0 Å². The number of nitrogens with zero attached hydrogens (tertiary/aromatic N) is 2. The first-order chi connectivity index (χ1) is 10.7. The largest absolute Gasteiger partial charge is 0.380 e. The van der Waals surface area contributed by atoms with Gasteiger partial charge in [0.25, 0.3) is 5.91 Å². The molecule has 0 aliphatic carbocycles. The van der Waals surface area contributed by atoms with Gasteiger partial charge in [-0.3, -0.25) is 4.79 Å². The summed E-state index contributed by atoms with van der Waals surface area (Å²) in [6.07, 6.45) is 2.54. The number of benzene rings is 1. The molecule has 3 saturated heterocycles. The van der Waals surface area contributed by atoms with E-state index >= 15 is 0 Å². The molecule has 4 rings (SSSR count). The molecule has 0 atom stereocenters. The van der Waals surface area contributed by atoms with E-state index < -0.39 is 0 Å². The van der Waals surface area contributed by atoms with E-state index in [-0.39, 0.29) is 11.3 Å². The number of ether oxygens (including phenoxy) is 1. The normalized spacial score (nSPS) is 22.4. The molecule has 116 valence electrons. The van der Waals surface area contributed by atoms with Crippen molar-refractivity contribution in [1.82, 2.24) is 4.90 Å². The zero-order chi connectivity index (χ0) is 15.2. The van der Waals surface area contributed by atoms with E-state index in [4.69, 9.17) is 4.74 Å². The lowest BCUT2D eigenvalue weighted by Gasteiger charge is -2.55. The highest BCUT2D eigenvalue weighted by atomic mass is 16.5. The van der Waals surface area contributed by atoms with Gasteiger partial charge in [-0.15, -0.1) is 0 Å². The molecule has 3 heterocycles. The number of rotatable bonds is 3. The van der Waals surface area contributed by atoms with Crippen molar-refractivity contribution in [1.29, 1.82) is 0 Å². The van der Waals surface area contributed by atoms with Crippen LogP contribution in [0.25, 0.3) is 5.57 Å². The fourth-order valence-corrected chi connectivity index (χ4v) is 3.64. The third-order valence-electron chi connectivity index (χ3n) is 5.10. The van der Waals surface area contributed by atoms with Gasteiger partial charge in [-0.2, -0.15) is 0 Å². The molecule has 1 aromatic rings. The minimum Gasteiger partial charge on any atom is -0.380 e. The number of likely N-dealkylation sites (tertiary alicyclic amines) is 1. The van der Waals surface area contributed by atoms with Crippen molar-refractivity contribution in [3.05, 3.63) is 36.4 Å². The van der Waals surface area contributed by atoms with Crippen LogP contribution in [0.2, 0.25) is 0 Å². The molecule has 0 saturated carbocycles. The first kappa shape index (κ1) is 13.8. The molecule has 1 amide bonds. The molecular weight excluding hydrogens is 276 g/mol. The number of anilines is 1. The first-order valence-electron chi connectivity index (χ1n) is 8.08. The van der Waals surface area contributed by atoms with Crippen LogP contribution in [0.4, 0.5) is 5.69 Å². The minimum absolute atomic E-state index is 0.0615. The van der Waals surface area contributed by atoms with Gasteiger partial charge in [-0.1, -0.05) is 18.7 Å². The molecule has 0 N–H and O–H groups in total. The molecule has 3 fully saturated rings. The number of carbonyl (C=O) groups excluding carboxylic acids is 1. The third kappa shape index (κ3) is 2.22. The maximum atomic E-state index is 12.5. The van der Waals surface area contributed by atoms with Crippen molar-refractivity contribution in [3.8, 4) is 0 Å². The van der Waals surface area contributed by atoms with Crippen LogP contribution in [0, 0.1) is 5.41 Å². The molecule has 0 aromatic heterocycles. The molecule has 4 nitrogen and oxygen atoms in total. The maximum Gasteiger partial charge on any atom is 0.253 e. The van der Waals surface area contributed by atoms with E-state index in [9.17, 15) is 4.79 Å². The predicted octanol–water partition coefficient (Wildman–Crippen LogP) is 2.16. The van der Waals surface area contributed by atoms with Crippen molar-refractivity contribution < 1.29 is 9.53 Å². The fraction of sp³-hybridized carbons (Fsp3) is 0.500. The van der Waals surface area contributed by atoms with Crippen LogP contribution in [0.5, 0.6) is 0 Å². The number of hydrogen-bond acceptors (Lipinski definition) is 3. The van der Waals surface area contributed by atoms with E-state index in [1.54, 1.807) is 0 Å². The van der Waals surface area contributed by atoms with Crippen LogP contribution in [0.1, 0.15) is 18.4 Å². The molecule has 1 aromatic carbocycles. The highest BCUT2D eigenvalue weighted by Crippen LogP contribution is 2.38. The van der Waals surface area contributed by atoms with Gasteiger partial charge >= 0.3 is 0 Å². The van der Waals surface area contributed by atoms with Crippen molar-refractivity contribution >= 4 is 17.2 Å². The summed E-state index contributed by atoms with van der Waals surface area (Å²) in [5, 5.41) is 0. The molecule has 0 bridgehead atoms. The Hall–Kier alpha value is -1.81.